The minimum Gasteiger partial charge on any atom is -0.435 e. The van der Waals surface area contributed by atoms with E-state index >= 15 is 0 Å². The second-order valence-corrected chi connectivity index (χ2v) is 4.89. The number of nitrogens with one attached hydrogen (secondary N) is 2. The number of carbonyl (C=O) groups is 1. The normalized spacial score (nSPS) is 10.4. The van der Waals surface area contributed by atoms with E-state index in [2.05, 4.69) is 15.4 Å². The van der Waals surface area contributed by atoms with Gasteiger partial charge in [0, 0.05) is 36.5 Å². The molecule has 1 amide bonds. The molecule has 0 atom stereocenters. The Kier molecular flexibility index (Phi) is 6.21. The highest BCUT2D eigenvalue weighted by molar-refractivity contribution is 5.94. The molecule has 2 aromatic carbocycles. The van der Waals surface area contributed by atoms with Gasteiger partial charge in [-0.1, -0.05) is 0 Å². The number of hydrogen-bond acceptors (Lipinski definition) is 5. The summed E-state index contributed by atoms with van der Waals surface area (Å²) in [6, 6.07) is 11.2. The van der Waals surface area contributed by atoms with Gasteiger partial charge in [-0.3, -0.25) is 14.9 Å². The molecule has 0 saturated heterocycles. The van der Waals surface area contributed by atoms with Crippen LogP contribution in [0.15, 0.2) is 48.5 Å². The zero-order valence-corrected chi connectivity index (χ0v) is 12.9. The van der Waals surface area contributed by atoms with Crippen molar-refractivity contribution in [1.29, 1.82) is 0 Å². The maximum absolute atomic E-state index is 12.0. The van der Waals surface area contributed by atoms with Gasteiger partial charge in [0.05, 0.1) is 4.92 Å². The number of nitrogens with zero attached hydrogens (tertiary/aromatic N) is 1. The van der Waals surface area contributed by atoms with Gasteiger partial charge in [-0.15, -0.1) is 0 Å². The first-order valence-electron chi connectivity index (χ1n) is 7.27. The van der Waals surface area contributed by atoms with E-state index in [0.29, 0.717) is 24.3 Å². The lowest BCUT2D eigenvalue weighted by atomic mass is 10.2. The van der Waals surface area contributed by atoms with Gasteiger partial charge in [-0.05, 0) is 36.4 Å². The van der Waals surface area contributed by atoms with E-state index < -0.39 is 11.5 Å². The largest absolute Gasteiger partial charge is 0.435 e. The predicted molar refractivity (Wildman–Crippen MR) is 87.0 cm³/mol. The fourth-order valence-electron chi connectivity index (χ4n) is 1.97. The van der Waals surface area contributed by atoms with Crippen LogP contribution in [-0.2, 0) is 0 Å². The molecule has 0 saturated carbocycles. The lowest BCUT2D eigenvalue weighted by Gasteiger charge is -2.09. The number of anilines is 1. The van der Waals surface area contributed by atoms with Crippen LogP contribution < -0.4 is 15.4 Å². The molecule has 132 valence electrons. The molecule has 0 spiro atoms. The maximum Gasteiger partial charge on any atom is 0.387 e. The summed E-state index contributed by atoms with van der Waals surface area (Å²) in [5, 5.41) is 16.2. The maximum atomic E-state index is 12.0. The number of ether oxygens (including phenoxy) is 1. The molecule has 0 fully saturated rings. The van der Waals surface area contributed by atoms with Crippen molar-refractivity contribution in [2.45, 2.75) is 6.61 Å². The number of hydrogen-bond donors (Lipinski definition) is 2. The monoisotopic (exact) mass is 351 g/mol. The molecule has 2 aromatic rings. The first kappa shape index (κ1) is 18.1. The zero-order chi connectivity index (χ0) is 18.2. The van der Waals surface area contributed by atoms with Crippen LogP contribution in [0.5, 0.6) is 5.75 Å². The standard InChI is InChI=1S/C16H15F2N3O4/c17-16(18)25-14-7-1-11(2-8-14)15(22)20-10-9-19-12-3-5-13(6-4-12)21(23)24/h1-8,16,19H,9-10H2,(H,20,22). The highest BCUT2D eigenvalue weighted by Gasteiger charge is 2.08. The molecule has 0 aliphatic carbocycles. The fourth-order valence-corrected chi connectivity index (χ4v) is 1.97. The summed E-state index contributed by atoms with van der Waals surface area (Å²) in [5.74, 6) is -0.375. The number of nitro groups is 1. The van der Waals surface area contributed by atoms with Crippen LogP contribution in [0.3, 0.4) is 0 Å². The van der Waals surface area contributed by atoms with Crippen molar-refractivity contribution in [3.05, 3.63) is 64.2 Å². The SMILES string of the molecule is O=C(NCCNc1ccc([N+](=O)[O-])cc1)c1ccc(OC(F)F)cc1. The molecule has 0 bridgehead atoms. The third-order valence-corrected chi connectivity index (χ3v) is 3.16. The third-order valence-electron chi connectivity index (χ3n) is 3.16. The first-order chi connectivity index (χ1) is 12.0. The molecule has 2 rings (SSSR count). The molecule has 7 nitrogen and oxygen atoms in total. The van der Waals surface area contributed by atoms with Gasteiger partial charge in [0.25, 0.3) is 11.6 Å². The Morgan fingerprint density at radius 2 is 1.72 bits per heavy atom. The number of non-ortho nitro benzene ring substituents is 1. The molecule has 0 aliphatic heterocycles. The van der Waals surface area contributed by atoms with Crippen molar-refractivity contribution in [3.8, 4) is 5.75 Å². The summed E-state index contributed by atoms with van der Waals surface area (Å²) < 4.78 is 28.3. The summed E-state index contributed by atoms with van der Waals surface area (Å²) in [6.07, 6.45) is 0. The Hall–Kier alpha value is -3.23. The van der Waals surface area contributed by atoms with E-state index in [1.54, 1.807) is 12.1 Å². The number of halogens is 2. The van der Waals surface area contributed by atoms with Crippen molar-refractivity contribution in [2.75, 3.05) is 18.4 Å². The summed E-state index contributed by atoms with van der Waals surface area (Å²) in [5.41, 5.74) is 1.00. The van der Waals surface area contributed by atoms with Crippen LogP contribution in [0.1, 0.15) is 10.4 Å². The van der Waals surface area contributed by atoms with Crippen LogP contribution in [-0.4, -0.2) is 30.5 Å². The van der Waals surface area contributed by atoms with E-state index in [1.807, 2.05) is 0 Å². The average Bonchev–Trinajstić information content (AvgIpc) is 2.59. The fraction of sp³-hybridized carbons (Fsp3) is 0.188. The Balaban J connectivity index is 1.75. The van der Waals surface area contributed by atoms with Crippen LogP contribution in [0.2, 0.25) is 0 Å². The van der Waals surface area contributed by atoms with E-state index in [-0.39, 0.29) is 17.3 Å². The number of rotatable bonds is 8. The number of nitro benzene ring substituents is 1. The Labute approximate surface area is 141 Å². The predicted octanol–water partition coefficient (Wildman–Crippen LogP) is 3.04. The molecule has 0 aromatic heterocycles. The van der Waals surface area contributed by atoms with Crippen LogP contribution in [0.4, 0.5) is 20.2 Å². The van der Waals surface area contributed by atoms with Gasteiger partial charge in [0.15, 0.2) is 0 Å². The van der Waals surface area contributed by atoms with E-state index in [1.165, 1.54) is 36.4 Å². The second kappa shape index (κ2) is 8.57. The van der Waals surface area contributed by atoms with Crippen molar-refractivity contribution < 1.29 is 23.2 Å². The van der Waals surface area contributed by atoms with Crippen molar-refractivity contribution >= 4 is 17.3 Å². The summed E-state index contributed by atoms with van der Waals surface area (Å²) in [7, 11) is 0. The number of carbonyl (C=O) groups excluding carboxylic acids is 1. The number of amides is 1. The molecule has 0 unspecified atom stereocenters. The van der Waals surface area contributed by atoms with Crippen LogP contribution in [0, 0.1) is 10.1 Å². The quantitative estimate of drug-likeness (QED) is 0.433. The zero-order valence-electron chi connectivity index (χ0n) is 12.9. The van der Waals surface area contributed by atoms with Crippen molar-refractivity contribution in [1.82, 2.24) is 5.32 Å². The van der Waals surface area contributed by atoms with Gasteiger partial charge in [-0.2, -0.15) is 8.78 Å². The third kappa shape index (κ3) is 5.72. The molecular weight excluding hydrogens is 336 g/mol. The molecule has 0 aliphatic rings. The molecule has 25 heavy (non-hydrogen) atoms. The van der Waals surface area contributed by atoms with Crippen molar-refractivity contribution in [3.63, 3.8) is 0 Å². The minimum atomic E-state index is -2.91. The summed E-state index contributed by atoms with van der Waals surface area (Å²) in [4.78, 5) is 22.0. The topological polar surface area (TPSA) is 93.5 Å². The summed E-state index contributed by atoms with van der Waals surface area (Å²) >= 11 is 0. The smallest absolute Gasteiger partial charge is 0.387 e. The van der Waals surface area contributed by atoms with Gasteiger partial charge in [0.1, 0.15) is 5.75 Å². The molecule has 2 N–H and O–H groups in total. The minimum absolute atomic E-state index is 0.00174. The Bertz CT molecular complexity index is 721. The lowest BCUT2D eigenvalue weighted by Crippen LogP contribution is -2.28. The molecular formula is C16H15F2N3O4. The Morgan fingerprint density at radius 3 is 2.28 bits per heavy atom. The van der Waals surface area contributed by atoms with E-state index in [0.717, 1.165) is 0 Å². The highest BCUT2D eigenvalue weighted by Crippen LogP contribution is 2.16. The summed E-state index contributed by atoms with van der Waals surface area (Å²) in [6.45, 7) is -2.19. The van der Waals surface area contributed by atoms with Gasteiger partial charge >= 0.3 is 6.61 Å². The first-order valence-corrected chi connectivity index (χ1v) is 7.27. The van der Waals surface area contributed by atoms with Gasteiger partial charge in [-0.25, -0.2) is 0 Å². The lowest BCUT2D eigenvalue weighted by molar-refractivity contribution is -0.384. The molecule has 0 heterocycles. The highest BCUT2D eigenvalue weighted by atomic mass is 19.3. The Morgan fingerprint density at radius 1 is 1.08 bits per heavy atom. The van der Waals surface area contributed by atoms with E-state index in [9.17, 15) is 23.7 Å². The van der Waals surface area contributed by atoms with Crippen molar-refractivity contribution in [2.24, 2.45) is 0 Å². The van der Waals surface area contributed by atoms with Crippen LogP contribution >= 0.6 is 0 Å². The average molecular weight is 351 g/mol. The van der Waals surface area contributed by atoms with Gasteiger partial charge in [0.2, 0.25) is 0 Å². The molecule has 9 heteroatoms. The number of benzene rings is 2. The molecule has 0 radical (unpaired) electrons. The van der Waals surface area contributed by atoms with E-state index in [4.69, 9.17) is 0 Å². The van der Waals surface area contributed by atoms with Gasteiger partial charge < -0.3 is 15.4 Å². The van der Waals surface area contributed by atoms with Crippen LogP contribution in [0.25, 0.3) is 0 Å². The second-order valence-electron chi connectivity index (χ2n) is 4.89. The number of alkyl halides is 2.